The number of hydrogen-bond donors (Lipinski definition) is 2. The van der Waals surface area contributed by atoms with E-state index in [0.717, 1.165) is 28.9 Å². The van der Waals surface area contributed by atoms with E-state index in [-0.39, 0.29) is 11.3 Å². The second-order valence-corrected chi connectivity index (χ2v) is 12.3. The van der Waals surface area contributed by atoms with Gasteiger partial charge in [-0.1, -0.05) is 52.0 Å². The van der Waals surface area contributed by atoms with E-state index < -0.39 is 11.9 Å². The molecular formula is C33H43NO4. The number of carboxylic acids is 1. The van der Waals surface area contributed by atoms with E-state index in [2.05, 4.69) is 38.2 Å². The van der Waals surface area contributed by atoms with Crippen LogP contribution in [0.2, 0.25) is 0 Å². The third-order valence-electron chi connectivity index (χ3n) is 11.0. The number of hydrogen-bond acceptors (Lipinski definition) is 3. The van der Waals surface area contributed by atoms with Gasteiger partial charge in [-0.3, -0.25) is 9.59 Å². The van der Waals surface area contributed by atoms with Crippen molar-refractivity contribution in [1.82, 2.24) is 5.32 Å². The summed E-state index contributed by atoms with van der Waals surface area (Å²) in [6.45, 7) is 9.66. The van der Waals surface area contributed by atoms with E-state index >= 15 is 0 Å². The van der Waals surface area contributed by atoms with Crippen molar-refractivity contribution in [2.24, 2.45) is 41.4 Å². The van der Waals surface area contributed by atoms with Crippen LogP contribution in [-0.4, -0.2) is 24.1 Å². The summed E-state index contributed by atoms with van der Waals surface area (Å²) in [5.74, 6) is 3.90. The number of methoxy groups -OCH3 is 1. The highest BCUT2D eigenvalue weighted by Crippen LogP contribution is 2.68. The summed E-state index contributed by atoms with van der Waals surface area (Å²) >= 11 is 0. The summed E-state index contributed by atoms with van der Waals surface area (Å²) in [5.41, 5.74) is 4.07. The molecule has 4 aliphatic rings. The van der Waals surface area contributed by atoms with Crippen molar-refractivity contribution in [1.29, 1.82) is 0 Å². The van der Waals surface area contributed by atoms with Crippen LogP contribution in [0.4, 0.5) is 0 Å². The fourth-order valence-electron chi connectivity index (χ4n) is 8.86. The first-order chi connectivity index (χ1) is 18.2. The van der Waals surface area contributed by atoms with Crippen molar-refractivity contribution in [2.45, 2.75) is 71.8 Å². The molecule has 2 aromatic rings. The van der Waals surface area contributed by atoms with Crippen LogP contribution in [0.1, 0.15) is 80.4 Å². The molecule has 2 aromatic carbocycles. The Morgan fingerprint density at radius 1 is 0.974 bits per heavy atom. The van der Waals surface area contributed by atoms with Crippen molar-refractivity contribution in [3.05, 3.63) is 64.7 Å². The Hall–Kier alpha value is -2.82. The van der Waals surface area contributed by atoms with Gasteiger partial charge in [-0.15, -0.1) is 0 Å². The van der Waals surface area contributed by atoms with Crippen molar-refractivity contribution in [2.75, 3.05) is 7.11 Å². The van der Waals surface area contributed by atoms with Gasteiger partial charge in [-0.2, -0.15) is 0 Å². The largest absolute Gasteiger partial charge is 0.496 e. The van der Waals surface area contributed by atoms with E-state index in [0.29, 0.717) is 48.5 Å². The Kier molecular flexibility index (Phi) is 7.32. The Labute approximate surface area is 227 Å². The van der Waals surface area contributed by atoms with Gasteiger partial charge in [0, 0.05) is 23.1 Å². The second-order valence-electron chi connectivity index (χ2n) is 12.3. The lowest BCUT2D eigenvalue weighted by Crippen LogP contribution is -2.63. The molecule has 0 aliphatic heterocycles. The van der Waals surface area contributed by atoms with Gasteiger partial charge in [-0.25, -0.2) is 0 Å². The minimum absolute atomic E-state index is 0.111. The normalized spacial score (nSPS) is 32.1. The highest BCUT2D eigenvalue weighted by atomic mass is 16.5. The number of benzene rings is 2. The number of ether oxygens (including phenoxy) is 1. The molecule has 5 nitrogen and oxygen atoms in total. The monoisotopic (exact) mass is 517 g/mol. The highest BCUT2D eigenvalue weighted by molar-refractivity contribution is 5.94. The average Bonchev–Trinajstić information content (AvgIpc) is 2.93. The molecule has 6 rings (SSSR count). The third-order valence-corrected chi connectivity index (χ3v) is 11.0. The van der Waals surface area contributed by atoms with Crippen molar-refractivity contribution in [3.63, 3.8) is 0 Å². The molecule has 3 unspecified atom stereocenters. The van der Waals surface area contributed by atoms with Crippen LogP contribution in [0.3, 0.4) is 0 Å². The zero-order chi connectivity index (χ0) is 27.2. The average molecular weight is 518 g/mol. The summed E-state index contributed by atoms with van der Waals surface area (Å²) in [4.78, 5) is 24.6. The first-order valence-electron chi connectivity index (χ1n) is 14.5. The number of carboxylic acid groups (broad SMARTS) is 1. The number of amides is 1. The lowest BCUT2D eigenvalue weighted by Gasteiger charge is -2.67. The molecule has 38 heavy (non-hydrogen) atoms. The van der Waals surface area contributed by atoms with Crippen molar-refractivity contribution in [3.8, 4) is 5.75 Å². The van der Waals surface area contributed by atoms with Crippen LogP contribution < -0.4 is 10.1 Å². The maximum atomic E-state index is 13.1. The van der Waals surface area contributed by atoms with Gasteiger partial charge in [0.05, 0.1) is 13.0 Å². The van der Waals surface area contributed by atoms with Gasteiger partial charge in [-0.05, 0) is 96.9 Å². The molecule has 0 saturated heterocycles. The molecule has 0 spiro atoms. The zero-order valence-electron chi connectivity index (χ0n) is 23.5. The van der Waals surface area contributed by atoms with Crippen molar-refractivity contribution < 1.29 is 19.4 Å². The molecule has 4 saturated carbocycles. The Bertz CT molecular complexity index is 1140. The third kappa shape index (κ3) is 4.32. The Balaban J connectivity index is 1.31. The summed E-state index contributed by atoms with van der Waals surface area (Å²) in [5, 5.41) is 12.5. The van der Waals surface area contributed by atoms with Gasteiger partial charge in [0.1, 0.15) is 5.75 Å². The zero-order valence-corrected chi connectivity index (χ0v) is 23.5. The molecule has 2 N–H and O–H groups in total. The molecule has 4 bridgehead atoms. The van der Waals surface area contributed by atoms with Crippen LogP contribution in [0.5, 0.6) is 5.75 Å². The first kappa shape index (κ1) is 26.8. The standard InChI is InChI=1S/C33H43NO4/c1-6-23(32(36)37)13-22-7-12-30(38-5)28(14-22)18-34-31(35)24-8-10-29(11-9-24)33-19(2)25-15-26(20(33)3)17-27(16-25)21(33)4/h7-12,14,19-21,23,25-27H,6,13,15-18H2,1-5H3,(H,34,35)(H,36,37)/t19?,20?,21?,23-,25?,26?,27?,33?/m0/s1. The molecule has 1 amide bonds. The Morgan fingerprint density at radius 3 is 2.05 bits per heavy atom. The fourth-order valence-corrected chi connectivity index (χ4v) is 8.86. The van der Waals surface area contributed by atoms with Gasteiger partial charge >= 0.3 is 5.97 Å². The molecule has 4 aliphatic carbocycles. The van der Waals surface area contributed by atoms with E-state index in [1.807, 2.05) is 37.3 Å². The SMILES string of the molecule is CC[C@@H](Cc1ccc(OC)c(CNC(=O)c2ccc(C34C(C)C5CC(CC(C5)C3C)C4C)cc2)c1)C(=O)O. The highest BCUT2D eigenvalue weighted by Gasteiger charge is 2.63. The van der Waals surface area contributed by atoms with E-state index in [4.69, 9.17) is 4.74 Å². The number of rotatable bonds is 9. The van der Waals surface area contributed by atoms with Gasteiger partial charge in [0.25, 0.3) is 5.91 Å². The second kappa shape index (κ2) is 10.4. The maximum Gasteiger partial charge on any atom is 0.306 e. The predicted octanol–water partition coefficient (Wildman–Crippen LogP) is 6.48. The lowest BCUT2D eigenvalue weighted by atomic mass is 9.37. The Morgan fingerprint density at radius 2 is 1.55 bits per heavy atom. The number of carbonyl (C=O) groups is 2. The molecule has 5 heteroatoms. The molecule has 0 heterocycles. The van der Waals surface area contributed by atoms with Crippen LogP contribution in [-0.2, 0) is 23.2 Å². The molecular weight excluding hydrogens is 474 g/mol. The van der Waals surface area contributed by atoms with E-state index in [9.17, 15) is 14.7 Å². The fraction of sp³-hybridized carbons (Fsp3) is 0.576. The molecule has 0 aromatic heterocycles. The van der Waals surface area contributed by atoms with Crippen LogP contribution in [0, 0.1) is 41.4 Å². The minimum Gasteiger partial charge on any atom is -0.496 e. The van der Waals surface area contributed by atoms with Gasteiger partial charge in [0.15, 0.2) is 0 Å². The van der Waals surface area contributed by atoms with Crippen LogP contribution in [0.25, 0.3) is 0 Å². The topological polar surface area (TPSA) is 75.6 Å². The smallest absolute Gasteiger partial charge is 0.306 e. The summed E-state index contributed by atoms with van der Waals surface area (Å²) in [7, 11) is 1.61. The van der Waals surface area contributed by atoms with Crippen LogP contribution in [0.15, 0.2) is 42.5 Å². The quantitative estimate of drug-likeness (QED) is 0.399. The first-order valence-corrected chi connectivity index (χ1v) is 14.5. The minimum atomic E-state index is -0.784. The summed E-state index contributed by atoms with van der Waals surface area (Å²) in [6, 6.07) is 14.2. The molecule has 4 atom stereocenters. The van der Waals surface area contributed by atoms with E-state index in [1.165, 1.54) is 24.8 Å². The van der Waals surface area contributed by atoms with Gasteiger partial charge in [0.2, 0.25) is 0 Å². The van der Waals surface area contributed by atoms with Gasteiger partial charge < -0.3 is 15.2 Å². The van der Waals surface area contributed by atoms with E-state index in [1.54, 1.807) is 7.11 Å². The maximum absolute atomic E-state index is 13.1. The molecule has 4 fully saturated rings. The summed E-state index contributed by atoms with van der Waals surface area (Å²) in [6.07, 6.45) is 5.22. The number of aliphatic carboxylic acids is 1. The summed E-state index contributed by atoms with van der Waals surface area (Å²) < 4.78 is 5.51. The molecule has 0 radical (unpaired) electrons. The molecule has 204 valence electrons. The number of nitrogens with one attached hydrogen (secondary N) is 1. The van der Waals surface area contributed by atoms with Crippen LogP contribution >= 0.6 is 0 Å². The number of carbonyl (C=O) groups excluding carboxylic acids is 1. The predicted molar refractivity (Wildman–Crippen MR) is 149 cm³/mol. The lowest BCUT2D eigenvalue weighted by molar-refractivity contribution is -0.141. The van der Waals surface area contributed by atoms with Crippen molar-refractivity contribution >= 4 is 11.9 Å².